The Morgan fingerprint density at radius 3 is 2.41 bits per heavy atom. The summed E-state index contributed by atoms with van der Waals surface area (Å²) in [5.41, 5.74) is 1.07. The van der Waals surface area contributed by atoms with Crippen LogP contribution in [0.25, 0.3) is 17.1 Å². The molecule has 0 saturated heterocycles. The summed E-state index contributed by atoms with van der Waals surface area (Å²) in [7, 11) is 0. The summed E-state index contributed by atoms with van der Waals surface area (Å²) in [6.07, 6.45) is 0. The summed E-state index contributed by atoms with van der Waals surface area (Å²) in [5, 5.41) is 9.69. The molecule has 0 bridgehead atoms. The number of para-hydroxylation sites is 2. The van der Waals surface area contributed by atoms with E-state index in [-0.39, 0.29) is 5.82 Å². The van der Waals surface area contributed by atoms with Crippen molar-refractivity contribution in [3.05, 3.63) is 89.7 Å². The Morgan fingerprint density at radius 2 is 1.62 bits per heavy atom. The predicted molar refractivity (Wildman–Crippen MR) is 114 cm³/mol. The van der Waals surface area contributed by atoms with Crippen LogP contribution in [0.3, 0.4) is 0 Å². The van der Waals surface area contributed by atoms with Crippen LogP contribution in [0.15, 0.2) is 84.0 Å². The Bertz CT molecular complexity index is 1100. The Kier molecular flexibility index (Phi) is 6.12. The van der Waals surface area contributed by atoms with Gasteiger partial charge in [-0.2, -0.15) is 0 Å². The van der Waals surface area contributed by atoms with Gasteiger partial charge in [-0.05, 0) is 36.4 Å². The number of ether oxygens (including phenoxy) is 1. The van der Waals surface area contributed by atoms with Crippen LogP contribution in [0.5, 0.6) is 5.75 Å². The topological polar surface area (TPSA) is 39.9 Å². The van der Waals surface area contributed by atoms with Gasteiger partial charge in [-0.1, -0.05) is 65.8 Å². The molecule has 1 heterocycles. The van der Waals surface area contributed by atoms with Crippen molar-refractivity contribution in [3.63, 3.8) is 0 Å². The number of hydrogen-bond donors (Lipinski definition) is 0. The van der Waals surface area contributed by atoms with Gasteiger partial charge in [0.15, 0.2) is 11.0 Å². The molecule has 0 saturated carbocycles. The van der Waals surface area contributed by atoms with Gasteiger partial charge in [0.25, 0.3) is 0 Å². The first-order valence-corrected chi connectivity index (χ1v) is 10.4. The van der Waals surface area contributed by atoms with Crippen molar-refractivity contribution >= 4 is 23.4 Å². The van der Waals surface area contributed by atoms with Crippen LogP contribution in [0, 0.1) is 5.82 Å². The summed E-state index contributed by atoms with van der Waals surface area (Å²) in [6, 6.07) is 23.5. The van der Waals surface area contributed by atoms with Gasteiger partial charge >= 0.3 is 0 Å². The van der Waals surface area contributed by atoms with Crippen molar-refractivity contribution < 1.29 is 9.13 Å². The fourth-order valence-corrected chi connectivity index (χ4v) is 3.82. The largest absolute Gasteiger partial charge is 0.493 e. The Morgan fingerprint density at radius 1 is 0.897 bits per heavy atom. The molecule has 4 nitrogen and oxygen atoms in total. The highest BCUT2D eigenvalue weighted by Gasteiger charge is 2.20. The second kappa shape index (κ2) is 9.11. The van der Waals surface area contributed by atoms with Crippen LogP contribution in [0.2, 0.25) is 5.02 Å². The van der Waals surface area contributed by atoms with Gasteiger partial charge < -0.3 is 4.74 Å². The molecule has 0 fully saturated rings. The highest BCUT2D eigenvalue weighted by molar-refractivity contribution is 7.99. The number of rotatable bonds is 7. The third-order valence-corrected chi connectivity index (χ3v) is 5.39. The Hall–Kier alpha value is -2.83. The van der Waals surface area contributed by atoms with Crippen molar-refractivity contribution in [1.82, 2.24) is 14.8 Å². The van der Waals surface area contributed by atoms with E-state index >= 15 is 0 Å². The van der Waals surface area contributed by atoms with Crippen LogP contribution >= 0.6 is 23.4 Å². The van der Waals surface area contributed by atoms with E-state index in [1.807, 2.05) is 48.5 Å². The van der Waals surface area contributed by atoms with Crippen molar-refractivity contribution in [1.29, 1.82) is 0 Å². The van der Waals surface area contributed by atoms with Crippen molar-refractivity contribution in [2.24, 2.45) is 0 Å². The number of hydrogen-bond acceptors (Lipinski definition) is 4. The zero-order valence-corrected chi connectivity index (χ0v) is 16.9. The zero-order valence-electron chi connectivity index (χ0n) is 15.3. The maximum Gasteiger partial charge on any atom is 0.196 e. The lowest BCUT2D eigenvalue weighted by molar-refractivity contribution is 0.344. The number of nitrogens with zero attached hydrogens (tertiary/aromatic N) is 3. The first-order valence-electron chi connectivity index (χ1n) is 9.00. The molecule has 29 heavy (non-hydrogen) atoms. The first-order chi connectivity index (χ1) is 14.2. The number of aromatic nitrogens is 3. The third-order valence-electron chi connectivity index (χ3n) is 4.17. The smallest absolute Gasteiger partial charge is 0.196 e. The number of thioether (sulfide) groups is 1. The van der Waals surface area contributed by atoms with E-state index < -0.39 is 0 Å². The Labute approximate surface area is 177 Å². The lowest BCUT2D eigenvalue weighted by Gasteiger charge is -2.12. The first kappa shape index (κ1) is 19.5. The minimum atomic E-state index is -0.358. The highest BCUT2D eigenvalue weighted by atomic mass is 35.5. The van der Waals surface area contributed by atoms with Crippen molar-refractivity contribution in [3.8, 4) is 22.8 Å². The van der Waals surface area contributed by atoms with E-state index in [4.69, 9.17) is 16.3 Å². The summed E-state index contributed by atoms with van der Waals surface area (Å²) in [5.74, 6) is 1.57. The molecular weight excluding hydrogens is 409 g/mol. The molecule has 0 spiro atoms. The van der Waals surface area contributed by atoms with Gasteiger partial charge in [-0.3, -0.25) is 4.57 Å². The van der Waals surface area contributed by atoms with Gasteiger partial charge in [0.05, 0.1) is 17.3 Å². The van der Waals surface area contributed by atoms with Crippen LogP contribution in [0.4, 0.5) is 4.39 Å². The van der Waals surface area contributed by atoms with Crippen LogP contribution in [0.1, 0.15) is 0 Å². The van der Waals surface area contributed by atoms with Gasteiger partial charge in [0, 0.05) is 11.3 Å². The maximum atomic E-state index is 14.6. The minimum absolute atomic E-state index is 0.358. The molecule has 0 aliphatic carbocycles. The molecule has 4 aromatic rings. The van der Waals surface area contributed by atoms with E-state index in [9.17, 15) is 4.39 Å². The molecule has 3 aromatic carbocycles. The molecule has 1 aromatic heterocycles. The average Bonchev–Trinajstić information content (AvgIpc) is 3.16. The molecular formula is C22H17ClFN3OS. The SMILES string of the molecule is Fc1ccccc1-n1c(SCCOc2ccccc2)nnc1-c1ccccc1Cl. The monoisotopic (exact) mass is 425 g/mol. The number of halogens is 2. The van der Waals surface area contributed by atoms with Gasteiger partial charge in [-0.25, -0.2) is 4.39 Å². The second-order valence-electron chi connectivity index (χ2n) is 6.08. The molecule has 0 N–H and O–H groups in total. The summed E-state index contributed by atoms with van der Waals surface area (Å²) in [4.78, 5) is 0. The van der Waals surface area contributed by atoms with Crippen molar-refractivity contribution in [2.75, 3.05) is 12.4 Å². The fourth-order valence-electron chi connectivity index (χ4n) is 2.84. The molecule has 0 amide bonds. The van der Waals surface area contributed by atoms with E-state index in [0.29, 0.717) is 39.6 Å². The average molecular weight is 426 g/mol. The summed E-state index contributed by atoms with van der Waals surface area (Å²) < 4.78 is 22.0. The van der Waals surface area contributed by atoms with Crippen LogP contribution in [-0.4, -0.2) is 27.1 Å². The molecule has 0 aliphatic heterocycles. The molecule has 146 valence electrons. The standard InChI is InChI=1S/C22H17ClFN3OS/c23-18-11-5-4-10-17(18)21-25-26-22(27(21)20-13-7-6-12-19(20)24)29-15-14-28-16-8-2-1-3-9-16/h1-13H,14-15H2. The summed E-state index contributed by atoms with van der Waals surface area (Å²) >= 11 is 7.81. The van der Waals surface area contributed by atoms with Gasteiger partial charge in [-0.15, -0.1) is 10.2 Å². The molecule has 4 rings (SSSR count). The predicted octanol–water partition coefficient (Wildman–Crippen LogP) is 5.90. The quantitative estimate of drug-likeness (QED) is 0.273. The lowest BCUT2D eigenvalue weighted by atomic mass is 10.2. The van der Waals surface area contributed by atoms with Gasteiger partial charge in [0.2, 0.25) is 0 Å². The fraction of sp³-hybridized carbons (Fsp3) is 0.0909. The van der Waals surface area contributed by atoms with Crippen LogP contribution < -0.4 is 4.74 Å². The molecule has 0 aliphatic rings. The zero-order chi connectivity index (χ0) is 20.1. The second-order valence-corrected chi connectivity index (χ2v) is 7.55. The maximum absolute atomic E-state index is 14.6. The molecule has 0 unspecified atom stereocenters. The van der Waals surface area contributed by atoms with Crippen LogP contribution in [-0.2, 0) is 0 Å². The van der Waals surface area contributed by atoms with Gasteiger partial charge in [0.1, 0.15) is 11.6 Å². The molecule has 0 atom stereocenters. The van der Waals surface area contributed by atoms with E-state index in [1.165, 1.54) is 17.8 Å². The minimum Gasteiger partial charge on any atom is -0.493 e. The summed E-state index contributed by atoms with van der Waals surface area (Å²) in [6.45, 7) is 0.486. The van der Waals surface area contributed by atoms with E-state index in [0.717, 1.165) is 5.75 Å². The van der Waals surface area contributed by atoms with E-state index in [1.54, 1.807) is 28.8 Å². The Balaban J connectivity index is 1.62. The van der Waals surface area contributed by atoms with Crippen molar-refractivity contribution in [2.45, 2.75) is 5.16 Å². The number of benzene rings is 3. The van der Waals surface area contributed by atoms with E-state index in [2.05, 4.69) is 10.2 Å². The molecule has 7 heteroatoms. The highest BCUT2D eigenvalue weighted by Crippen LogP contribution is 2.32. The normalized spacial score (nSPS) is 10.8. The lowest BCUT2D eigenvalue weighted by Crippen LogP contribution is -2.05. The molecule has 0 radical (unpaired) electrons. The third kappa shape index (κ3) is 4.44.